The van der Waals surface area contributed by atoms with Crippen molar-refractivity contribution >= 4 is 6.09 Å². The zero-order chi connectivity index (χ0) is 14.2. The predicted molar refractivity (Wildman–Crippen MR) is 63.3 cm³/mol. The van der Waals surface area contributed by atoms with E-state index < -0.39 is 18.9 Å². The summed E-state index contributed by atoms with van der Waals surface area (Å²) < 4.78 is 39.4. The van der Waals surface area contributed by atoms with E-state index in [1.54, 1.807) is 0 Å². The van der Waals surface area contributed by atoms with Crippen LogP contribution < -0.4 is 5.32 Å². The molecule has 0 aromatic rings. The highest BCUT2D eigenvalue weighted by Gasteiger charge is 2.29. The number of hydrogen-bond acceptors (Lipinski definition) is 2. The first-order valence-electron chi connectivity index (χ1n) is 6.14. The van der Waals surface area contributed by atoms with Crippen molar-refractivity contribution in [2.75, 3.05) is 13.2 Å². The van der Waals surface area contributed by atoms with Gasteiger partial charge in [0.2, 0.25) is 0 Å². The van der Waals surface area contributed by atoms with Crippen molar-refractivity contribution in [1.29, 1.82) is 0 Å². The molecule has 3 nitrogen and oxygen atoms in total. The van der Waals surface area contributed by atoms with Crippen molar-refractivity contribution in [3.8, 4) is 0 Å². The van der Waals surface area contributed by atoms with Gasteiger partial charge in [-0.25, -0.2) is 4.79 Å². The van der Waals surface area contributed by atoms with Crippen molar-refractivity contribution in [1.82, 2.24) is 5.32 Å². The number of amides is 1. The molecule has 0 bridgehead atoms. The molecular formula is C12H22F3NO2. The van der Waals surface area contributed by atoms with E-state index in [9.17, 15) is 18.0 Å². The van der Waals surface area contributed by atoms with E-state index in [1.165, 1.54) is 0 Å². The van der Waals surface area contributed by atoms with Crippen molar-refractivity contribution in [3.63, 3.8) is 0 Å². The third-order valence-electron chi connectivity index (χ3n) is 2.54. The third kappa shape index (κ3) is 10.2. The Bertz CT molecular complexity index is 252. The van der Waals surface area contributed by atoms with E-state index >= 15 is 0 Å². The lowest BCUT2D eigenvalue weighted by Crippen LogP contribution is -2.36. The summed E-state index contributed by atoms with van der Waals surface area (Å²) in [6.07, 6.45) is -1.31. The highest BCUT2D eigenvalue weighted by atomic mass is 19.4. The summed E-state index contributed by atoms with van der Waals surface area (Å²) in [5.41, 5.74) is -0.133. The zero-order valence-corrected chi connectivity index (χ0v) is 11.2. The maximum Gasteiger partial charge on any atom is 0.422 e. The molecule has 108 valence electrons. The van der Waals surface area contributed by atoms with E-state index in [-0.39, 0.29) is 5.41 Å². The van der Waals surface area contributed by atoms with Crippen LogP contribution in [0.5, 0.6) is 0 Å². The first-order chi connectivity index (χ1) is 8.16. The van der Waals surface area contributed by atoms with E-state index in [1.807, 2.05) is 13.8 Å². The topological polar surface area (TPSA) is 38.3 Å². The predicted octanol–water partition coefficient (Wildman–Crippen LogP) is 3.88. The molecule has 18 heavy (non-hydrogen) atoms. The Balaban J connectivity index is 3.82. The average molecular weight is 269 g/mol. The number of nitrogens with one attached hydrogen (secondary N) is 1. The fourth-order valence-corrected chi connectivity index (χ4v) is 1.45. The van der Waals surface area contributed by atoms with Crippen LogP contribution in [-0.4, -0.2) is 25.4 Å². The van der Waals surface area contributed by atoms with Crippen molar-refractivity contribution in [2.24, 2.45) is 5.41 Å². The Morgan fingerprint density at radius 3 is 2.33 bits per heavy atom. The Kier molecular flexibility index (Phi) is 7.09. The van der Waals surface area contributed by atoms with Gasteiger partial charge in [0.1, 0.15) is 0 Å². The molecule has 1 amide bonds. The standard InChI is InChI=1S/C12H22F3NO2/c1-4-5-6-7-11(2,3)8-16-10(17)18-9-12(13,14)15/h4-9H2,1-3H3,(H,16,17). The smallest absolute Gasteiger partial charge is 0.422 e. The second kappa shape index (κ2) is 7.48. The van der Waals surface area contributed by atoms with E-state index in [0.29, 0.717) is 6.54 Å². The van der Waals surface area contributed by atoms with Crippen molar-refractivity contribution in [2.45, 2.75) is 52.6 Å². The molecule has 0 radical (unpaired) electrons. The second-order valence-electron chi connectivity index (χ2n) is 5.17. The molecule has 0 unspecified atom stereocenters. The van der Waals surface area contributed by atoms with Gasteiger partial charge >= 0.3 is 12.3 Å². The summed E-state index contributed by atoms with van der Waals surface area (Å²) in [5, 5.41) is 2.36. The maximum absolute atomic E-state index is 11.8. The van der Waals surface area contributed by atoms with Crippen LogP contribution in [0.3, 0.4) is 0 Å². The van der Waals surface area contributed by atoms with Gasteiger partial charge in [-0.05, 0) is 11.8 Å². The number of alkyl carbamates (subject to hydrolysis) is 1. The van der Waals surface area contributed by atoms with Gasteiger partial charge in [0.25, 0.3) is 0 Å². The number of alkyl halides is 3. The first-order valence-corrected chi connectivity index (χ1v) is 6.14. The molecule has 0 aliphatic rings. The van der Waals surface area contributed by atoms with Crippen LogP contribution in [0.2, 0.25) is 0 Å². The highest BCUT2D eigenvalue weighted by Crippen LogP contribution is 2.22. The molecule has 0 atom stereocenters. The molecule has 0 aliphatic carbocycles. The van der Waals surface area contributed by atoms with E-state index in [2.05, 4.69) is 17.0 Å². The molecule has 0 rings (SSSR count). The van der Waals surface area contributed by atoms with Crippen LogP contribution >= 0.6 is 0 Å². The molecule has 0 fully saturated rings. The minimum atomic E-state index is -4.48. The third-order valence-corrected chi connectivity index (χ3v) is 2.54. The van der Waals surface area contributed by atoms with Gasteiger partial charge in [-0.1, -0.05) is 40.0 Å². The number of halogens is 3. The lowest BCUT2D eigenvalue weighted by molar-refractivity contribution is -0.160. The number of ether oxygens (including phenoxy) is 1. The van der Waals surface area contributed by atoms with Gasteiger partial charge in [-0.2, -0.15) is 13.2 Å². The average Bonchev–Trinajstić information content (AvgIpc) is 2.23. The van der Waals surface area contributed by atoms with Crippen LogP contribution in [0.1, 0.15) is 46.5 Å². The first kappa shape index (κ1) is 17.1. The monoisotopic (exact) mass is 269 g/mol. The fraction of sp³-hybridized carbons (Fsp3) is 0.917. The molecule has 0 heterocycles. The van der Waals surface area contributed by atoms with Crippen LogP contribution in [0, 0.1) is 5.41 Å². The van der Waals surface area contributed by atoms with Gasteiger partial charge in [-0.15, -0.1) is 0 Å². The lowest BCUT2D eigenvalue weighted by atomic mass is 9.87. The Hall–Kier alpha value is -0.940. The molecule has 0 aromatic heterocycles. The maximum atomic E-state index is 11.8. The van der Waals surface area contributed by atoms with Gasteiger partial charge < -0.3 is 10.1 Å². The quantitative estimate of drug-likeness (QED) is 0.712. The van der Waals surface area contributed by atoms with Crippen LogP contribution in [0.15, 0.2) is 0 Å². The highest BCUT2D eigenvalue weighted by molar-refractivity contribution is 5.67. The molecule has 0 saturated carbocycles. The van der Waals surface area contributed by atoms with Gasteiger partial charge in [0.15, 0.2) is 6.61 Å². The number of rotatable bonds is 7. The van der Waals surface area contributed by atoms with Gasteiger partial charge in [0.05, 0.1) is 0 Å². The SMILES string of the molecule is CCCCCC(C)(C)CNC(=O)OCC(F)(F)F. The Labute approximate surface area is 106 Å². The summed E-state index contributed by atoms with van der Waals surface area (Å²) in [5.74, 6) is 0. The zero-order valence-electron chi connectivity index (χ0n) is 11.2. The molecular weight excluding hydrogens is 247 g/mol. The fourth-order valence-electron chi connectivity index (χ4n) is 1.45. The van der Waals surface area contributed by atoms with Crippen molar-refractivity contribution in [3.05, 3.63) is 0 Å². The minimum Gasteiger partial charge on any atom is -0.440 e. The summed E-state index contributed by atoms with van der Waals surface area (Å²) in [6, 6.07) is 0. The summed E-state index contributed by atoms with van der Waals surface area (Å²) in [7, 11) is 0. The molecule has 0 aromatic carbocycles. The number of unbranched alkanes of at least 4 members (excludes halogenated alkanes) is 2. The largest absolute Gasteiger partial charge is 0.440 e. The van der Waals surface area contributed by atoms with Crippen LogP contribution in [0.4, 0.5) is 18.0 Å². The van der Waals surface area contributed by atoms with Crippen LogP contribution in [0.25, 0.3) is 0 Å². The molecule has 0 spiro atoms. The van der Waals surface area contributed by atoms with E-state index in [0.717, 1.165) is 25.7 Å². The summed E-state index contributed by atoms with van der Waals surface area (Å²) in [4.78, 5) is 11.0. The van der Waals surface area contributed by atoms with Gasteiger partial charge in [0, 0.05) is 6.54 Å². The normalized spacial score (nSPS) is 12.3. The summed E-state index contributed by atoms with van der Waals surface area (Å²) in [6.45, 7) is 4.79. The van der Waals surface area contributed by atoms with Gasteiger partial charge in [-0.3, -0.25) is 0 Å². The minimum absolute atomic E-state index is 0.133. The number of carbonyl (C=O) groups is 1. The lowest BCUT2D eigenvalue weighted by Gasteiger charge is -2.24. The number of carbonyl (C=O) groups excluding carboxylic acids is 1. The molecule has 0 saturated heterocycles. The Morgan fingerprint density at radius 2 is 1.83 bits per heavy atom. The summed E-state index contributed by atoms with van der Waals surface area (Å²) >= 11 is 0. The number of hydrogen-bond donors (Lipinski definition) is 1. The van der Waals surface area contributed by atoms with Crippen LogP contribution in [-0.2, 0) is 4.74 Å². The molecule has 1 N–H and O–H groups in total. The van der Waals surface area contributed by atoms with Crippen molar-refractivity contribution < 1.29 is 22.7 Å². The second-order valence-corrected chi connectivity index (χ2v) is 5.17. The van der Waals surface area contributed by atoms with E-state index in [4.69, 9.17) is 0 Å². The Morgan fingerprint density at radius 1 is 1.22 bits per heavy atom. The molecule has 0 aliphatic heterocycles. The molecule has 6 heteroatoms.